The Labute approximate surface area is 269 Å². The van der Waals surface area contributed by atoms with Gasteiger partial charge >= 0.3 is 6.01 Å². The lowest BCUT2D eigenvalue weighted by atomic mass is 9.81. The van der Waals surface area contributed by atoms with Gasteiger partial charge in [-0.2, -0.15) is 15.2 Å². The van der Waals surface area contributed by atoms with E-state index in [-0.39, 0.29) is 43.1 Å². The molecule has 0 bridgehead atoms. The molecule has 2 fully saturated rings. The number of hydrogen-bond acceptors (Lipinski definition) is 8. The van der Waals surface area contributed by atoms with Gasteiger partial charge in [0, 0.05) is 68.7 Å². The van der Waals surface area contributed by atoms with E-state index >= 15 is 0 Å². The molecule has 9 nitrogen and oxygen atoms in total. The number of aryl methyl sites for hydroxylation is 1. The lowest BCUT2D eigenvalue weighted by Gasteiger charge is -2.42. The zero-order chi connectivity index (χ0) is 32.4. The van der Waals surface area contributed by atoms with Crippen molar-refractivity contribution in [3.8, 4) is 12.1 Å². The summed E-state index contributed by atoms with van der Waals surface area (Å²) in [4.78, 5) is 30.6. The van der Waals surface area contributed by atoms with Gasteiger partial charge in [0.2, 0.25) is 11.8 Å². The second-order valence-electron chi connectivity index (χ2n) is 12.8. The van der Waals surface area contributed by atoms with Crippen LogP contribution in [0.25, 0.3) is 10.8 Å². The number of rotatable bonds is 10. The average Bonchev–Trinajstić information content (AvgIpc) is 3.03. The van der Waals surface area contributed by atoms with E-state index in [1.165, 1.54) is 22.4 Å². The molecular formula is C35H41F2N7O2. The lowest BCUT2D eigenvalue weighted by molar-refractivity contribution is -0.128. The minimum absolute atomic E-state index is 0.00304. The van der Waals surface area contributed by atoms with Gasteiger partial charge < -0.3 is 24.3 Å². The van der Waals surface area contributed by atoms with Crippen molar-refractivity contribution < 1.29 is 18.3 Å². The van der Waals surface area contributed by atoms with Crippen LogP contribution in [0.1, 0.15) is 36.1 Å². The number of nitrogens with zero attached hydrogens (tertiary/aromatic N) is 7. The molecule has 1 atom stereocenters. The van der Waals surface area contributed by atoms with E-state index in [4.69, 9.17) is 14.7 Å². The Hall–Kier alpha value is -4.30. The molecule has 6 rings (SSSR count). The zero-order valence-electron chi connectivity index (χ0n) is 26.6. The number of piperazine rings is 1. The number of fused-ring (bicyclic) bond motifs is 2. The third kappa shape index (κ3) is 6.63. The van der Waals surface area contributed by atoms with Crippen molar-refractivity contribution in [1.82, 2.24) is 19.8 Å². The van der Waals surface area contributed by atoms with Crippen LogP contribution in [0, 0.1) is 24.2 Å². The molecule has 0 N–H and O–H groups in total. The molecule has 0 spiro atoms. The SMILES string of the molecule is C=CC(=O)N1CCN(c2nc(OCCN(C)CC3CC(F)(F)C3)nc3c2CCN(c2cccc4cccc(C)c24)C3)CC1CC#N. The first-order valence-corrected chi connectivity index (χ1v) is 16.0. The van der Waals surface area contributed by atoms with Gasteiger partial charge in [-0.15, -0.1) is 0 Å². The minimum atomic E-state index is -2.52. The summed E-state index contributed by atoms with van der Waals surface area (Å²) >= 11 is 0. The highest BCUT2D eigenvalue weighted by Crippen LogP contribution is 2.42. The lowest BCUT2D eigenvalue weighted by Crippen LogP contribution is -2.55. The Morgan fingerprint density at radius 2 is 1.96 bits per heavy atom. The molecule has 3 aliphatic rings. The number of alkyl halides is 2. The van der Waals surface area contributed by atoms with E-state index in [9.17, 15) is 18.8 Å². The standard InChI is InChI=1S/C35H41F2N7O2/c1-4-31(45)44-16-15-43(22-27(44)11-13-38)33-28-12-14-42(30-10-6-9-26-8-5-7-24(2)32(26)30)23-29(28)39-34(40-33)46-18-17-41(3)21-25-19-35(36,37)20-25/h4-10,25,27H,1,11-12,14-23H2,2-3H3. The third-order valence-electron chi connectivity index (χ3n) is 9.47. The molecule has 1 aromatic heterocycles. The fourth-order valence-electron chi connectivity index (χ4n) is 7.16. The number of likely N-dealkylation sites (N-methyl/N-ethyl adjacent to an activating group) is 1. The van der Waals surface area contributed by atoms with E-state index in [1.54, 1.807) is 4.90 Å². The van der Waals surface area contributed by atoms with Gasteiger partial charge in [0.1, 0.15) is 12.4 Å². The molecule has 2 aliphatic heterocycles. The van der Waals surface area contributed by atoms with Crippen molar-refractivity contribution in [3.05, 3.63) is 65.9 Å². The van der Waals surface area contributed by atoms with Crippen LogP contribution in [0.5, 0.6) is 6.01 Å². The fourth-order valence-corrected chi connectivity index (χ4v) is 7.16. The van der Waals surface area contributed by atoms with Gasteiger partial charge in [-0.25, -0.2) is 8.78 Å². The van der Waals surface area contributed by atoms with Crippen molar-refractivity contribution in [3.63, 3.8) is 0 Å². The Balaban J connectivity index is 1.26. The minimum Gasteiger partial charge on any atom is -0.462 e. The van der Waals surface area contributed by atoms with Crippen molar-refractivity contribution >= 4 is 28.2 Å². The molecule has 2 aromatic carbocycles. The van der Waals surface area contributed by atoms with Gasteiger partial charge in [-0.3, -0.25) is 4.79 Å². The zero-order valence-corrected chi connectivity index (χ0v) is 26.6. The maximum atomic E-state index is 13.3. The summed E-state index contributed by atoms with van der Waals surface area (Å²) in [6.07, 6.45) is 2.13. The summed E-state index contributed by atoms with van der Waals surface area (Å²) in [5.41, 5.74) is 4.33. The normalized spacial score (nSPS) is 19.5. The molecule has 1 amide bonds. The molecule has 46 heavy (non-hydrogen) atoms. The molecule has 1 saturated heterocycles. The Kier molecular flexibility index (Phi) is 9.09. The number of carbonyl (C=O) groups excluding carboxylic acids is 1. The molecule has 3 aromatic rings. The third-order valence-corrected chi connectivity index (χ3v) is 9.47. The molecule has 3 heterocycles. The average molecular weight is 630 g/mol. The number of nitriles is 1. The number of aromatic nitrogens is 2. The quantitative estimate of drug-likeness (QED) is 0.291. The van der Waals surface area contributed by atoms with Crippen LogP contribution in [0.15, 0.2) is 49.1 Å². The van der Waals surface area contributed by atoms with Crippen LogP contribution in [0.4, 0.5) is 20.3 Å². The van der Waals surface area contributed by atoms with Gasteiger partial charge in [-0.05, 0) is 49.4 Å². The summed E-state index contributed by atoms with van der Waals surface area (Å²) < 4.78 is 32.8. The predicted molar refractivity (Wildman–Crippen MR) is 174 cm³/mol. The maximum absolute atomic E-state index is 13.3. The Bertz CT molecular complexity index is 1640. The monoisotopic (exact) mass is 629 g/mol. The Morgan fingerprint density at radius 3 is 2.70 bits per heavy atom. The van der Waals surface area contributed by atoms with Crippen LogP contribution in [-0.2, 0) is 17.8 Å². The van der Waals surface area contributed by atoms with Crippen LogP contribution in [0.3, 0.4) is 0 Å². The number of hydrogen-bond donors (Lipinski definition) is 0. The first-order chi connectivity index (χ1) is 22.2. The van der Waals surface area contributed by atoms with Gasteiger partial charge in [0.15, 0.2) is 0 Å². The number of anilines is 2. The summed E-state index contributed by atoms with van der Waals surface area (Å²) in [5.74, 6) is -1.91. The molecule has 1 saturated carbocycles. The molecular weight excluding hydrogens is 588 g/mol. The first-order valence-electron chi connectivity index (χ1n) is 16.0. The van der Waals surface area contributed by atoms with Crippen LogP contribution in [0.2, 0.25) is 0 Å². The van der Waals surface area contributed by atoms with Crippen LogP contribution >= 0.6 is 0 Å². The van der Waals surface area contributed by atoms with E-state index in [0.29, 0.717) is 45.9 Å². The first kappa shape index (κ1) is 31.7. The topological polar surface area (TPSA) is 88.8 Å². The number of benzene rings is 2. The summed E-state index contributed by atoms with van der Waals surface area (Å²) in [5, 5.41) is 12.0. The fraction of sp³-hybridized carbons (Fsp3) is 0.486. The Morgan fingerprint density at radius 1 is 1.17 bits per heavy atom. The van der Waals surface area contributed by atoms with E-state index in [1.807, 2.05) is 11.9 Å². The van der Waals surface area contributed by atoms with Crippen molar-refractivity contribution in [2.45, 2.75) is 51.1 Å². The number of halogens is 2. The summed E-state index contributed by atoms with van der Waals surface area (Å²) in [7, 11) is 1.92. The second-order valence-corrected chi connectivity index (χ2v) is 12.8. The van der Waals surface area contributed by atoms with Gasteiger partial charge in [0.25, 0.3) is 0 Å². The van der Waals surface area contributed by atoms with Crippen molar-refractivity contribution in [1.29, 1.82) is 5.26 Å². The molecule has 1 unspecified atom stereocenters. The van der Waals surface area contributed by atoms with Crippen LogP contribution in [-0.4, -0.2) is 90.6 Å². The molecule has 11 heteroatoms. The van der Waals surface area contributed by atoms with E-state index < -0.39 is 5.92 Å². The van der Waals surface area contributed by atoms with Crippen molar-refractivity contribution in [2.24, 2.45) is 5.92 Å². The summed E-state index contributed by atoms with van der Waals surface area (Å²) in [6.45, 7) is 10.1. The van der Waals surface area contributed by atoms with E-state index in [2.05, 4.69) is 65.8 Å². The smallest absolute Gasteiger partial charge is 0.318 e. The van der Waals surface area contributed by atoms with Gasteiger partial charge in [-0.1, -0.05) is 36.9 Å². The highest BCUT2D eigenvalue weighted by Gasteiger charge is 2.45. The highest BCUT2D eigenvalue weighted by molar-refractivity contribution is 5.97. The molecule has 1 aliphatic carbocycles. The van der Waals surface area contributed by atoms with Gasteiger partial charge in [0.05, 0.1) is 30.8 Å². The maximum Gasteiger partial charge on any atom is 0.318 e. The highest BCUT2D eigenvalue weighted by atomic mass is 19.3. The second kappa shape index (κ2) is 13.2. The predicted octanol–water partition coefficient (Wildman–Crippen LogP) is 4.97. The van der Waals surface area contributed by atoms with E-state index in [0.717, 1.165) is 35.7 Å². The number of ether oxygens (including phenoxy) is 1. The number of carbonyl (C=O) groups is 1. The molecule has 242 valence electrons. The van der Waals surface area contributed by atoms with Crippen LogP contribution < -0.4 is 14.5 Å². The van der Waals surface area contributed by atoms with Crippen molar-refractivity contribution in [2.75, 3.05) is 62.7 Å². The number of amides is 1. The largest absolute Gasteiger partial charge is 0.462 e. The summed E-state index contributed by atoms with van der Waals surface area (Å²) in [6, 6.07) is 15.0. The molecule has 0 radical (unpaired) electrons.